The molecule has 1 aromatic heterocycles. The first-order valence-electron chi connectivity index (χ1n) is 4.52. The van der Waals surface area contributed by atoms with Crippen LogP contribution in [0, 0.1) is 0 Å². The second kappa shape index (κ2) is 4.75. The largest absolute Gasteiger partial charge is 0.497 e. The van der Waals surface area contributed by atoms with E-state index in [4.69, 9.17) is 4.74 Å². The summed E-state index contributed by atoms with van der Waals surface area (Å²) in [6, 6.07) is 7.78. The van der Waals surface area contributed by atoms with Crippen LogP contribution in [0.4, 0.5) is 5.69 Å². The van der Waals surface area contributed by atoms with Gasteiger partial charge in [-0.15, -0.1) is 5.10 Å². The number of aromatic nitrogens is 2. The van der Waals surface area contributed by atoms with Gasteiger partial charge < -0.3 is 10.1 Å². The zero-order chi connectivity index (χ0) is 10.5. The molecular weight excluding hydrogens is 210 g/mol. The van der Waals surface area contributed by atoms with Crippen molar-refractivity contribution in [3.05, 3.63) is 35.3 Å². The molecule has 1 heterocycles. The van der Waals surface area contributed by atoms with Crippen molar-refractivity contribution >= 4 is 17.2 Å². The van der Waals surface area contributed by atoms with Gasteiger partial charge >= 0.3 is 0 Å². The van der Waals surface area contributed by atoms with Gasteiger partial charge in [0.1, 0.15) is 5.75 Å². The minimum Gasteiger partial charge on any atom is -0.497 e. The Balaban J connectivity index is 1.93. The van der Waals surface area contributed by atoms with Crippen LogP contribution in [0.1, 0.15) is 5.69 Å². The number of anilines is 1. The lowest BCUT2D eigenvalue weighted by Gasteiger charge is -2.04. The van der Waals surface area contributed by atoms with Crippen LogP contribution in [0.2, 0.25) is 0 Å². The molecule has 0 unspecified atom stereocenters. The fourth-order valence-corrected chi connectivity index (χ4v) is 1.61. The van der Waals surface area contributed by atoms with Gasteiger partial charge in [-0.05, 0) is 35.8 Å². The van der Waals surface area contributed by atoms with E-state index in [-0.39, 0.29) is 0 Å². The molecule has 0 atom stereocenters. The van der Waals surface area contributed by atoms with E-state index in [1.165, 1.54) is 11.5 Å². The van der Waals surface area contributed by atoms with Crippen LogP contribution >= 0.6 is 11.5 Å². The molecule has 4 nitrogen and oxygen atoms in total. The summed E-state index contributed by atoms with van der Waals surface area (Å²) in [5.74, 6) is 0.857. The molecule has 0 saturated heterocycles. The lowest BCUT2D eigenvalue weighted by molar-refractivity contribution is 0.415. The van der Waals surface area contributed by atoms with Crippen molar-refractivity contribution in [2.45, 2.75) is 6.54 Å². The number of benzene rings is 1. The van der Waals surface area contributed by atoms with E-state index < -0.39 is 0 Å². The molecule has 15 heavy (non-hydrogen) atoms. The second-order valence-electron chi connectivity index (χ2n) is 2.98. The predicted molar refractivity (Wildman–Crippen MR) is 60.2 cm³/mol. The van der Waals surface area contributed by atoms with Gasteiger partial charge in [-0.3, -0.25) is 0 Å². The number of nitrogens with one attached hydrogen (secondary N) is 1. The molecule has 0 bridgehead atoms. The average molecular weight is 221 g/mol. The lowest BCUT2D eigenvalue weighted by atomic mass is 10.3. The van der Waals surface area contributed by atoms with Gasteiger partial charge in [0.15, 0.2) is 0 Å². The van der Waals surface area contributed by atoms with Gasteiger partial charge in [0.05, 0.1) is 19.3 Å². The normalized spacial score (nSPS) is 9.93. The molecule has 2 aromatic rings. The maximum atomic E-state index is 5.07. The molecule has 0 spiro atoms. The summed E-state index contributed by atoms with van der Waals surface area (Å²) < 4.78 is 8.86. The van der Waals surface area contributed by atoms with E-state index in [0.29, 0.717) is 6.54 Å². The summed E-state index contributed by atoms with van der Waals surface area (Å²) in [4.78, 5) is 0. The first-order chi connectivity index (χ1) is 7.38. The molecule has 1 N–H and O–H groups in total. The SMILES string of the molecule is COc1ccc(NCc2csnn2)cc1. The summed E-state index contributed by atoms with van der Waals surface area (Å²) in [7, 11) is 1.66. The zero-order valence-electron chi connectivity index (χ0n) is 8.30. The first kappa shape index (κ1) is 9.92. The molecule has 0 amide bonds. The topological polar surface area (TPSA) is 47.0 Å². The van der Waals surface area contributed by atoms with E-state index in [9.17, 15) is 0 Å². The van der Waals surface area contributed by atoms with Crippen LogP contribution in [0.3, 0.4) is 0 Å². The number of nitrogens with zero attached hydrogens (tertiary/aromatic N) is 2. The molecule has 1 aromatic carbocycles. The smallest absolute Gasteiger partial charge is 0.119 e. The Morgan fingerprint density at radius 2 is 2.13 bits per heavy atom. The molecular formula is C10H11N3OS. The molecule has 0 radical (unpaired) electrons. The fraction of sp³-hybridized carbons (Fsp3) is 0.200. The zero-order valence-corrected chi connectivity index (χ0v) is 9.12. The molecule has 0 aliphatic carbocycles. The van der Waals surface area contributed by atoms with E-state index >= 15 is 0 Å². The summed E-state index contributed by atoms with van der Waals surface area (Å²) in [5, 5.41) is 9.12. The van der Waals surface area contributed by atoms with Crippen LogP contribution in [-0.2, 0) is 6.54 Å². The summed E-state index contributed by atoms with van der Waals surface area (Å²) in [6.45, 7) is 0.697. The van der Waals surface area contributed by atoms with Crippen molar-refractivity contribution in [1.29, 1.82) is 0 Å². The lowest BCUT2D eigenvalue weighted by Crippen LogP contribution is -1.99. The van der Waals surface area contributed by atoms with E-state index in [0.717, 1.165) is 17.1 Å². The summed E-state index contributed by atoms with van der Waals surface area (Å²) in [6.07, 6.45) is 0. The monoisotopic (exact) mass is 221 g/mol. The summed E-state index contributed by atoms with van der Waals surface area (Å²) >= 11 is 1.36. The number of hydrogen-bond donors (Lipinski definition) is 1. The highest BCUT2D eigenvalue weighted by Gasteiger charge is 1.96. The Hall–Kier alpha value is -1.62. The Kier molecular flexibility index (Phi) is 3.14. The Morgan fingerprint density at radius 3 is 2.73 bits per heavy atom. The van der Waals surface area contributed by atoms with Gasteiger partial charge in [0.25, 0.3) is 0 Å². The molecule has 78 valence electrons. The standard InChI is InChI=1S/C10H11N3OS/c1-14-10-4-2-8(3-5-10)11-6-9-7-15-13-12-9/h2-5,7,11H,6H2,1H3. The van der Waals surface area contributed by atoms with Crippen LogP contribution in [-0.4, -0.2) is 16.7 Å². The van der Waals surface area contributed by atoms with Gasteiger partial charge in [0, 0.05) is 11.1 Å². The minimum absolute atomic E-state index is 0.697. The average Bonchev–Trinajstić information content (AvgIpc) is 2.80. The fourth-order valence-electron chi connectivity index (χ4n) is 1.16. The van der Waals surface area contributed by atoms with Crippen LogP contribution in [0.5, 0.6) is 5.75 Å². The quantitative estimate of drug-likeness (QED) is 0.859. The third-order valence-corrected chi connectivity index (χ3v) is 2.52. The van der Waals surface area contributed by atoms with Gasteiger partial charge in [0.2, 0.25) is 0 Å². The third kappa shape index (κ3) is 2.66. The van der Waals surface area contributed by atoms with Crippen LogP contribution < -0.4 is 10.1 Å². The minimum atomic E-state index is 0.697. The highest BCUT2D eigenvalue weighted by molar-refractivity contribution is 7.03. The Bertz CT molecular complexity index is 399. The van der Waals surface area contributed by atoms with Crippen molar-refractivity contribution in [2.75, 3.05) is 12.4 Å². The molecule has 0 aliphatic heterocycles. The van der Waals surface area contributed by atoms with Gasteiger partial charge in [-0.2, -0.15) is 0 Å². The van der Waals surface area contributed by atoms with Gasteiger partial charge in [-0.25, -0.2) is 0 Å². The van der Waals surface area contributed by atoms with E-state index in [1.54, 1.807) is 7.11 Å². The predicted octanol–water partition coefficient (Wildman–Crippen LogP) is 2.16. The molecule has 0 saturated carbocycles. The van der Waals surface area contributed by atoms with Crippen molar-refractivity contribution in [2.24, 2.45) is 0 Å². The van der Waals surface area contributed by atoms with Crippen LogP contribution in [0.25, 0.3) is 0 Å². The highest BCUT2D eigenvalue weighted by Crippen LogP contribution is 2.15. The Morgan fingerprint density at radius 1 is 1.33 bits per heavy atom. The van der Waals surface area contributed by atoms with Crippen molar-refractivity contribution in [3.63, 3.8) is 0 Å². The van der Waals surface area contributed by atoms with Crippen LogP contribution in [0.15, 0.2) is 29.6 Å². The van der Waals surface area contributed by atoms with E-state index in [2.05, 4.69) is 14.9 Å². The summed E-state index contributed by atoms with van der Waals surface area (Å²) in [5.41, 5.74) is 2.00. The van der Waals surface area contributed by atoms with E-state index in [1.807, 2.05) is 29.6 Å². The number of hydrogen-bond acceptors (Lipinski definition) is 5. The number of rotatable bonds is 4. The Labute approximate surface area is 92.1 Å². The van der Waals surface area contributed by atoms with Crippen molar-refractivity contribution < 1.29 is 4.74 Å². The molecule has 2 rings (SSSR count). The van der Waals surface area contributed by atoms with Crippen molar-refractivity contribution in [1.82, 2.24) is 9.59 Å². The maximum absolute atomic E-state index is 5.07. The maximum Gasteiger partial charge on any atom is 0.119 e. The third-order valence-electron chi connectivity index (χ3n) is 1.97. The first-order valence-corrected chi connectivity index (χ1v) is 5.36. The molecule has 5 heteroatoms. The number of ether oxygens (including phenoxy) is 1. The second-order valence-corrected chi connectivity index (χ2v) is 3.59. The highest BCUT2D eigenvalue weighted by atomic mass is 32.1. The van der Waals surface area contributed by atoms with Gasteiger partial charge in [-0.1, -0.05) is 4.49 Å². The molecule has 0 fully saturated rings. The number of methoxy groups -OCH3 is 1. The molecule has 0 aliphatic rings. The van der Waals surface area contributed by atoms with Crippen molar-refractivity contribution in [3.8, 4) is 5.75 Å².